The van der Waals surface area contributed by atoms with Crippen LogP contribution in [0, 0.1) is 23.7 Å². The maximum atomic E-state index is 12.4. The largest absolute Gasteiger partial charge is 0.297 e. The van der Waals surface area contributed by atoms with Gasteiger partial charge < -0.3 is 0 Å². The van der Waals surface area contributed by atoms with E-state index in [0.29, 0.717) is 25.9 Å². The highest BCUT2D eigenvalue weighted by Crippen LogP contribution is 2.59. The fraction of sp³-hybridized carbons (Fsp3) is 0.727. The molecule has 32 heavy (non-hydrogen) atoms. The van der Waals surface area contributed by atoms with Gasteiger partial charge in [0.2, 0.25) is 20.0 Å². The number of allylic oxidation sites excluding steroid dienone is 2. The molecule has 0 N–H and O–H groups in total. The van der Waals surface area contributed by atoms with Crippen molar-refractivity contribution >= 4 is 31.6 Å². The minimum Gasteiger partial charge on any atom is -0.297 e. The molecule has 2 spiro atoms. The van der Waals surface area contributed by atoms with Crippen molar-refractivity contribution in [3.63, 3.8) is 0 Å². The summed E-state index contributed by atoms with van der Waals surface area (Å²) in [6.07, 6.45) is 12.0. The summed E-state index contributed by atoms with van der Waals surface area (Å²) in [5, 5.41) is -0.638. The number of nitrogens with zero attached hydrogens (tertiary/aromatic N) is 2. The Labute approximate surface area is 187 Å². The number of ketones is 2. The minimum absolute atomic E-state index is 0.0718. The topological polar surface area (TPSA) is 109 Å². The van der Waals surface area contributed by atoms with E-state index in [0.717, 1.165) is 25.7 Å². The van der Waals surface area contributed by atoms with Crippen LogP contribution in [-0.4, -0.2) is 71.7 Å². The van der Waals surface area contributed by atoms with Crippen molar-refractivity contribution in [2.24, 2.45) is 23.7 Å². The lowest BCUT2D eigenvalue weighted by Crippen LogP contribution is -2.57. The van der Waals surface area contributed by atoms with Gasteiger partial charge in [-0.2, -0.15) is 8.61 Å². The number of sulfonamides is 2. The first kappa shape index (κ1) is 20.1. The SMILES string of the molecule is O=C1[C@H]2C=C[C@@H]3[C@H](C2)S(=O)(=O)N2CCC[C@@]132.O=C1[C@H]2C=C[C@@H]3[C@H](C2)S(=O)(=O)N2CCC[C@@]132. The molecule has 10 rings (SSSR count). The fourth-order valence-corrected chi connectivity index (χ4v) is 13.6. The molecule has 6 fully saturated rings. The third-order valence-electron chi connectivity index (χ3n) is 9.61. The Bertz CT molecular complexity index is 1140. The zero-order valence-electron chi connectivity index (χ0n) is 17.6. The molecule has 6 aliphatic carbocycles. The molecule has 4 aliphatic heterocycles. The first-order valence-electron chi connectivity index (χ1n) is 11.7. The lowest BCUT2D eigenvalue weighted by Gasteiger charge is -2.42. The van der Waals surface area contributed by atoms with Gasteiger partial charge in [0.05, 0.1) is 10.5 Å². The highest BCUT2D eigenvalue weighted by atomic mass is 32.2. The van der Waals surface area contributed by atoms with E-state index in [1.54, 1.807) is 0 Å². The van der Waals surface area contributed by atoms with Gasteiger partial charge in [0.15, 0.2) is 11.6 Å². The molecule has 0 amide bonds. The monoisotopic (exact) mass is 478 g/mol. The fourth-order valence-electron chi connectivity index (χ4n) is 8.44. The summed E-state index contributed by atoms with van der Waals surface area (Å²) in [7, 11) is -6.43. The van der Waals surface area contributed by atoms with Crippen LogP contribution in [0.25, 0.3) is 0 Å². The smallest absolute Gasteiger partial charge is 0.218 e. The Morgan fingerprint density at radius 1 is 0.688 bits per heavy atom. The van der Waals surface area contributed by atoms with Gasteiger partial charge >= 0.3 is 0 Å². The molecule has 8 bridgehead atoms. The Morgan fingerprint density at radius 2 is 1.09 bits per heavy atom. The maximum Gasteiger partial charge on any atom is 0.218 e. The van der Waals surface area contributed by atoms with Crippen LogP contribution in [0.3, 0.4) is 0 Å². The molecule has 4 saturated heterocycles. The van der Waals surface area contributed by atoms with Crippen molar-refractivity contribution in [2.45, 2.75) is 60.1 Å². The maximum absolute atomic E-state index is 12.4. The third kappa shape index (κ3) is 1.92. The van der Waals surface area contributed by atoms with Crippen LogP contribution in [-0.2, 0) is 29.6 Å². The van der Waals surface area contributed by atoms with Crippen LogP contribution >= 0.6 is 0 Å². The van der Waals surface area contributed by atoms with Crippen molar-refractivity contribution in [1.82, 2.24) is 8.61 Å². The number of rotatable bonds is 0. The predicted molar refractivity (Wildman–Crippen MR) is 114 cm³/mol. The van der Waals surface area contributed by atoms with Gasteiger partial charge in [-0.1, -0.05) is 24.3 Å². The van der Waals surface area contributed by atoms with Gasteiger partial charge in [-0.25, -0.2) is 16.8 Å². The predicted octanol–water partition coefficient (Wildman–Crippen LogP) is 0.616. The quantitative estimate of drug-likeness (QED) is 0.472. The molecular weight excluding hydrogens is 452 g/mol. The first-order chi connectivity index (χ1) is 15.2. The Kier molecular flexibility index (Phi) is 3.65. The molecule has 172 valence electrons. The molecule has 8 nitrogen and oxygen atoms in total. The zero-order chi connectivity index (χ0) is 22.3. The van der Waals surface area contributed by atoms with Crippen LogP contribution < -0.4 is 0 Å². The van der Waals surface area contributed by atoms with Crippen molar-refractivity contribution in [1.29, 1.82) is 0 Å². The van der Waals surface area contributed by atoms with Gasteiger partial charge in [0, 0.05) is 36.8 Å². The second-order valence-electron chi connectivity index (χ2n) is 10.6. The molecule has 0 aromatic carbocycles. The zero-order valence-corrected chi connectivity index (χ0v) is 19.2. The second-order valence-corrected chi connectivity index (χ2v) is 14.8. The first-order valence-corrected chi connectivity index (χ1v) is 14.7. The number of Topliss-reactive ketones (excluding diaryl/α,β-unsaturated/α-hetero) is 2. The van der Waals surface area contributed by atoms with E-state index in [9.17, 15) is 26.4 Å². The molecule has 10 aliphatic rings. The summed E-state index contributed by atoms with van der Waals surface area (Å²) in [6, 6.07) is 0. The van der Waals surface area contributed by atoms with Gasteiger partial charge in [0.25, 0.3) is 0 Å². The van der Waals surface area contributed by atoms with E-state index in [2.05, 4.69) is 0 Å². The third-order valence-corrected chi connectivity index (χ3v) is 14.4. The van der Waals surface area contributed by atoms with Gasteiger partial charge in [-0.15, -0.1) is 0 Å². The van der Waals surface area contributed by atoms with Crippen LogP contribution in [0.4, 0.5) is 0 Å². The normalized spacial score (nSPS) is 52.2. The Hall–Kier alpha value is -1.36. The number of carbonyl (C=O) groups is 2. The molecule has 0 aromatic heterocycles. The van der Waals surface area contributed by atoms with E-state index in [4.69, 9.17) is 0 Å². The summed E-state index contributed by atoms with van der Waals surface area (Å²) in [5.74, 6) is -0.111. The molecule has 4 heterocycles. The van der Waals surface area contributed by atoms with Crippen LogP contribution in [0.5, 0.6) is 0 Å². The van der Waals surface area contributed by atoms with E-state index in [1.165, 1.54) is 8.61 Å². The van der Waals surface area contributed by atoms with Crippen molar-refractivity contribution in [3.05, 3.63) is 24.3 Å². The second kappa shape index (κ2) is 5.82. The summed E-state index contributed by atoms with van der Waals surface area (Å²) in [6.45, 7) is 1.09. The van der Waals surface area contributed by atoms with E-state index in [1.807, 2.05) is 24.3 Å². The summed E-state index contributed by atoms with van der Waals surface area (Å²) in [4.78, 5) is 24.8. The number of hydrogen-bond acceptors (Lipinski definition) is 6. The highest BCUT2D eigenvalue weighted by Gasteiger charge is 2.72. The number of hydrogen-bond donors (Lipinski definition) is 0. The lowest BCUT2D eigenvalue weighted by molar-refractivity contribution is -0.134. The van der Waals surface area contributed by atoms with E-state index < -0.39 is 31.1 Å². The highest BCUT2D eigenvalue weighted by molar-refractivity contribution is 7.90. The van der Waals surface area contributed by atoms with Gasteiger partial charge in [-0.05, 0) is 38.5 Å². The van der Waals surface area contributed by atoms with E-state index in [-0.39, 0.29) is 45.7 Å². The Morgan fingerprint density at radius 3 is 1.50 bits per heavy atom. The van der Waals surface area contributed by atoms with E-state index >= 15 is 0 Å². The summed E-state index contributed by atoms with van der Waals surface area (Å²) >= 11 is 0. The molecule has 2 saturated carbocycles. The lowest BCUT2D eigenvalue weighted by atomic mass is 9.62. The van der Waals surface area contributed by atoms with Crippen LogP contribution in [0.1, 0.15) is 38.5 Å². The minimum atomic E-state index is -3.21. The average molecular weight is 479 g/mol. The van der Waals surface area contributed by atoms with Gasteiger partial charge in [-0.3, -0.25) is 9.59 Å². The number of carbonyl (C=O) groups excluding carboxylic acids is 2. The average Bonchev–Trinajstić information content (AvgIpc) is 3.47. The molecule has 8 atom stereocenters. The van der Waals surface area contributed by atoms with Crippen molar-refractivity contribution in [3.8, 4) is 0 Å². The van der Waals surface area contributed by atoms with Crippen LogP contribution in [0.15, 0.2) is 24.3 Å². The molecule has 0 unspecified atom stereocenters. The molecule has 0 radical (unpaired) electrons. The Balaban J connectivity index is 0.000000113. The molecule has 10 heteroatoms. The van der Waals surface area contributed by atoms with Crippen molar-refractivity contribution < 1.29 is 26.4 Å². The molecule has 0 aromatic rings. The summed E-state index contributed by atoms with van der Waals surface area (Å²) < 4.78 is 52.4. The van der Waals surface area contributed by atoms with Crippen LogP contribution in [0.2, 0.25) is 0 Å². The summed E-state index contributed by atoms with van der Waals surface area (Å²) in [5.41, 5.74) is -1.33. The van der Waals surface area contributed by atoms with Gasteiger partial charge in [0.1, 0.15) is 11.1 Å². The van der Waals surface area contributed by atoms with Crippen molar-refractivity contribution in [2.75, 3.05) is 13.1 Å². The molecular formula is C22H26N2O6S2. The standard InChI is InChI=1S/2C11H13NO3S/c2*13-10-7-2-3-8-9(6-7)16(14,15)12-5-1-4-11(8,10)12/h2*2-3,7-9H,1,4-6H2/t2*7-,8+,9-,11-/m00/s1.